The molecular weight excluding hydrogens is 350 g/mol. The molecule has 0 aromatic heterocycles. The number of unbranched alkanes of at least 4 members (excludes halogenated alkanes) is 1. The number of benzene rings is 1. The Hall–Kier alpha value is -1.69. The van der Waals surface area contributed by atoms with Crippen LogP contribution in [0.2, 0.25) is 0 Å². The second kappa shape index (κ2) is 9.86. The van der Waals surface area contributed by atoms with Crippen molar-refractivity contribution in [3.05, 3.63) is 35.9 Å². The molecule has 144 valence electrons. The molecule has 1 aromatic carbocycles. The van der Waals surface area contributed by atoms with Crippen molar-refractivity contribution in [1.82, 2.24) is 4.90 Å². The first-order valence-electron chi connectivity index (χ1n) is 9.15. The van der Waals surface area contributed by atoms with Crippen LogP contribution in [0.5, 0.6) is 0 Å². The van der Waals surface area contributed by atoms with E-state index in [9.17, 15) is 9.59 Å². The summed E-state index contributed by atoms with van der Waals surface area (Å²) in [5.74, 6) is 1.03. The maximum absolute atomic E-state index is 12.4. The van der Waals surface area contributed by atoms with Crippen molar-refractivity contribution in [3.63, 3.8) is 0 Å². The molecule has 1 fully saturated rings. The average molecular weight is 380 g/mol. The number of aryl methyl sites for hydroxylation is 1. The summed E-state index contributed by atoms with van der Waals surface area (Å²) < 4.78 is 10.8. The van der Waals surface area contributed by atoms with Gasteiger partial charge >= 0.3 is 12.1 Å². The van der Waals surface area contributed by atoms with E-state index >= 15 is 0 Å². The van der Waals surface area contributed by atoms with Crippen molar-refractivity contribution in [2.75, 3.05) is 24.7 Å². The van der Waals surface area contributed by atoms with Gasteiger partial charge in [-0.05, 0) is 45.6 Å². The lowest BCUT2D eigenvalue weighted by Gasteiger charge is -2.34. The van der Waals surface area contributed by atoms with E-state index in [-0.39, 0.29) is 5.97 Å². The van der Waals surface area contributed by atoms with Crippen molar-refractivity contribution < 1.29 is 19.1 Å². The van der Waals surface area contributed by atoms with E-state index in [2.05, 4.69) is 12.1 Å². The van der Waals surface area contributed by atoms with E-state index in [1.165, 1.54) is 10.5 Å². The van der Waals surface area contributed by atoms with E-state index < -0.39 is 17.7 Å². The van der Waals surface area contributed by atoms with Crippen LogP contribution in [-0.2, 0) is 20.7 Å². The van der Waals surface area contributed by atoms with Crippen LogP contribution in [0.25, 0.3) is 0 Å². The van der Waals surface area contributed by atoms with E-state index in [4.69, 9.17) is 9.47 Å². The summed E-state index contributed by atoms with van der Waals surface area (Å²) in [5.41, 5.74) is 0.715. The minimum atomic E-state index is -0.576. The zero-order chi connectivity index (χ0) is 19.0. The summed E-state index contributed by atoms with van der Waals surface area (Å²) in [7, 11) is 0. The number of carbonyl (C=O) groups excluding carboxylic acids is 2. The molecule has 0 spiro atoms. The molecule has 1 aromatic rings. The monoisotopic (exact) mass is 379 g/mol. The predicted octanol–water partition coefficient (Wildman–Crippen LogP) is 3.91. The van der Waals surface area contributed by atoms with Crippen LogP contribution in [-0.4, -0.2) is 53.3 Å². The normalized spacial score (nSPS) is 17.7. The first-order valence-corrected chi connectivity index (χ1v) is 10.3. The first kappa shape index (κ1) is 20.6. The Kier molecular flexibility index (Phi) is 7.82. The molecule has 26 heavy (non-hydrogen) atoms. The fourth-order valence-corrected chi connectivity index (χ4v) is 3.71. The zero-order valence-corrected chi connectivity index (χ0v) is 16.7. The van der Waals surface area contributed by atoms with Gasteiger partial charge in [0, 0.05) is 18.1 Å². The lowest BCUT2D eigenvalue weighted by Crippen LogP contribution is -2.52. The number of ether oxygens (including phenoxy) is 2. The molecular formula is C20H29NO4S. The van der Waals surface area contributed by atoms with Gasteiger partial charge in [0.25, 0.3) is 0 Å². The van der Waals surface area contributed by atoms with Gasteiger partial charge in [-0.15, -0.1) is 0 Å². The van der Waals surface area contributed by atoms with Crippen LogP contribution >= 0.6 is 11.8 Å². The van der Waals surface area contributed by atoms with Gasteiger partial charge in [0.15, 0.2) is 0 Å². The van der Waals surface area contributed by atoms with Crippen molar-refractivity contribution in [2.24, 2.45) is 0 Å². The first-order chi connectivity index (χ1) is 12.4. The van der Waals surface area contributed by atoms with Crippen LogP contribution in [0.4, 0.5) is 4.79 Å². The van der Waals surface area contributed by atoms with Gasteiger partial charge in [-0.1, -0.05) is 30.3 Å². The fraction of sp³-hybridized carbons (Fsp3) is 0.600. The number of hydrogen-bond donors (Lipinski definition) is 0. The summed E-state index contributed by atoms with van der Waals surface area (Å²) in [5, 5.41) is 0. The Bertz CT molecular complexity index is 585. The van der Waals surface area contributed by atoms with Crippen molar-refractivity contribution >= 4 is 23.8 Å². The maximum Gasteiger partial charge on any atom is 0.411 e. The Morgan fingerprint density at radius 3 is 2.62 bits per heavy atom. The fourth-order valence-electron chi connectivity index (χ4n) is 2.68. The van der Waals surface area contributed by atoms with E-state index in [1.54, 1.807) is 11.8 Å². The third-order valence-corrected chi connectivity index (χ3v) is 5.00. The quantitative estimate of drug-likeness (QED) is 0.554. The minimum absolute atomic E-state index is 0.331. The van der Waals surface area contributed by atoms with E-state index in [0.717, 1.165) is 25.0 Å². The third-order valence-electron chi connectivity index (χ3n) is 3.98. The smallest absolute Gasteiger partial charge is 0.411 e. The van der Waals surface area contributed by atoms with Crippen LogP contribution in [0.3, 0.4) is 0 Å². The topological polar surface area (TPSA) is 55.8 Å². The lowest BCUT2D eigenvalue weighted by atomic mass is 10.1. The van der Waals surface area contributed by atoms with Crippen LogP contribution in [0.1, 0.15) is 39.2 Å². The number of carbonyl (C=O) groups is 2. The Morgan fingerprint density at radius 2 is 1.92 bits per heavy atom. The highest BCUT2D eigenvalue weighted by Crippen LogP contribution is 2.21. The molecule has 5 nitrogen and oxygen atoms in total. The van der Waals surface area contributed by atoms with E-state index in [0.29, 0.717) is 18.9 Å². The minimum Gasteiger partial charge on any atom is -0.464 e. The Labute approximate surface area is 160 Å². The molecule has 2 rings (SSSR count). The number of hydrogen-bond acceptors (Lipinski definition) is 5. The van der Waals surface area contributed by atoms with E-state index in [1.807, 2.05) is 39.0 Å². The molecule has 1 unspecified atom stereocenters. The highest BCUT2D eigenvalue weighted by Gasteiger charge is 2.36. The number of nitrogens with zero attached hydrogens (tertiary/aromatic N) is 1. The van der Waals surface area contributed by atoms with Gasteiger partial charge in [0.05, 0.1) is 6.61 Å². The van der Waals surface area contributed by atoms with Gasteiger partial charge in [0.2, 0.25) is 0 Å². The number of amides is 1. The molecule has 1 aliphatic heterocycles. The van der Waals surface area contributed by atoms with Gasteiger partial charge in [-0.25, -0.2) is 9.59 Å². The molecule has 0 bridgehead atoms. The van der Waals surface area contributed by atoms with Gasteiger partial charge in [-0.3, -0.25) is 4.90 Å². The summed E-state index contributed by atoms with van der Waals surface area (Å²) in [6, 6.07) is 9.71. The molecule has 0 radical (unpaired) electrons. The van der Waals surface area contributed by atoms with Crippen molar-refractivity contribution in [1.29, 1.82) is 0 Å². The van der Waals surface area contributed by atoms with Gasteiger partial charge < -0.3 is 9.47 Å². The molecule has 1 saturated heterocycles. The Morgan fingerprint density at radius 1 is 1.19 bits per heavy atom. The molecule has 0 N–H and O–H groups in total. The SMILES string of the molecule is CC(C)(C)OC(=O)N1CCSCC1C(=O)OCCCCc1ccccc1. The largest absolute Gasteiger partial charge is 0.464 e. The summed E-state index contributed by atoms with van der Waals surface area (Å²) in [6.45, 7) is 6.36. The van der Waals surface area contributed by atoms with Crippen molar-refractivity contribution in [2.45, 2.75) is 51.7 Å². The van der Waals surface area contributed by atoms with Gasteiger partial charge in [-0.2, -0.15) is 11.8 Å². The predicted molar refractivity (Wildman–Crippen MR) is 104 cm³/mol. The number of esters is 1. The zero-order valence-electron chi connectivity index (χ0n) is 15.9. The summed E-state index contributed by atoms with van der Waals surface area (Å²) in [4.78, 5) is 26.3. The molecule has 0 saturated carbocycles. The second-order valence-electron chi connectivity index (χ2n) is 7.37. The summed E-state index contributed by atoms with van der Waals surface area (Å²) in [6.07, 6.45) is 2.31. The maximum atomic E-state index is 12.4. The molecule has 6 heteroatoms. The Balaban J connectivity index is 1.76. The van der Waals surface area contributed by atoms with Crippen LogP contribution in [0.15, 0.2) is 30.3 Å². The molecule has 1 heterocycles. The average Bonchev–Trinajstić information content (AvgIpc) is 2.60. The van der Waals surface area contributed by atoms with Gasteiger partial charge in [0.1, 0.15) is 11.6 Å². The lowest BCUT2D eigenvalue weighted by molar-refractivity contribution is -0.149. The highest BCUT2D eigenvalue weighted by molar-refractivity contribution is 7.99. The second-order valence-corrected chi connectivity index (χ2v) is 8.52. The molecule has 1 atom stereocenters. The van der Waals surface area contributed by atoms with Crippen molar-refractivity contribution in [3.8, 4) is 0 Å². The molecule has 0 aliphatic carbocycles. The molecule has 1 amide bonds. The number of rotatable bonds is 6. The number of thioether (sulfide) groups is 1. The van der Waals surface area contributed by atoms with Crippen LogP contribution in [0, 0.1) is 0 Å². The van der Waals surface area contributed by atoms with Crippen LogP contribution < -0.4 is 0 Å². The summed E-state index contributed by atoms with van der Waals surface area (Å²) >= 11 is 1.66. The molecule has 1 aliphatic rings. The third kappa shape index (κ3) is 6.90. The highest BCUT2D eigenvalue weighted by atomic mass is 32.2. The standard InChI is InChI=1S/C20H29NO4S/c1-20(2,3)25-19(23)21-12-14-26-15-17(21)18(22)24-13-8-7-11-16-9-5-4-6-10-16/h4-6,9-10,17H,7-8,11-15H2,1-3H3.